The average molecular weight is 312 g/mol. The molecule has 3 N–H and O–H groups in total. The molecular weight excluding hydrogens is 287 g/mol. The molecule has 0 spiro atoms. The summed E-state index contributed by atoms with van der Waals surface area (Å²) in [6.07, 6.45) is -0.134. The molecule has 2 amide bonds. The Hall–Kier alpha value is -1.82. The average Bonchev–Trinajstić information content (AvgIpc) is 2.47. The van der Waals surface area contributed by atoms with Crippen molar-refractivity contribution < 1.29 is 19.0 Å². The first kappa shape index (κ1) is 18.2. The number of aliphatic hydroxyl groups is 1. The van der Waals surface area contributed by atoms with Crippen molar-refractivity contribution >= 4 is 6.03 Å². The lowest BCUT2D eigenvalue weighted by molar-refractivity contribution is 0.116. The van der Waals surface area contributed by atoms with Crippen LogP contribution in [0.15, 0.2) is 24.3 Å². The van der Waals surface area contributed by atoms with Crippen molar-refractivity contribution in [3.8, 4) is 5.75 Å². The van der Waals surface area contributed by atoms with Gasteiger partial charge >= 0.3 is 6.03 Å². The van der Waals surface area contributed by atoms with Gasteiger partial charge in [0.05, 0.1) is 12.6 Å². The molecule has 1 rings (SSSR count). The minimum absolute atomic E-state index is 0.175. The van der Waals surface area contributed by atoms with E-state index in [0.29, 0.717) is 25.3 Å². The number of aliphatic hydroxyl groups excluding tert-OH is 1. The molecule has 0 aromatic heterocycles. The third kappa shape index (κ3) is 7.26. The van der Waals surface area contributed by atoms with Gasteiger partial charge in [0.2, 0.25) is 0 Å². The molecule has 0 heterocycles. The van der Waals surface area contributed by atoms with E-state index in [4.69, 9.17) is 4.74 Å². The zero-order chi connectivity index (χ0) is 16.5. The molecule has 1 aromatic carbocycles. The Labute approximate surface area is 130 Å². The fraction of sp³-hybridized carbons (Fsp3) is 0.562. The normalized spacial score (nSPS) is 13.5. The van der Waals surface area contributed by atoms with Crippen molar-refractivity contribution in [2.24, 2.45) is 5.92 Å². The molecule has 0 saturated heterocycles. The Morgan fingerprint density at radius 2 is 1.86 bits per heavy atom. The summed E-state index contributed by atoms with van der Waals surface area (Å²) in [5.74, 6) is 0.409. The second-order valence-corrected chi connectivity index (χ2v) is 5.62. The van der Waals surface area contributed by atoms with Crippen LogP contribution in [0.25, 0.3) is 0 Å². The predicted octanol–water partition coefficient (Wildman–Crippen LogP) is 2.30. The molecule has 22 heavy (non-hydrogen) atoms. The Morgan fingerprint density at radius 1 is 1.23 bits per heavy atom. The number of hydrogen-bond donors (Lipinski definition) is 3. The number of carbonyl (C=O) groups is 1. The van der Waals surface area contributed by atoms with Crippen LogP contribution in [-0.2, 0) is 0 Å². The van der Waals surface area contributed by atoms with Crippen molar-refractivity contribution in [2.75, 3.05) is 13.1 Å². The third-order valence-electron chi connectivity index (χ3n) is 3.20. The molecule has 5 nitrogen and oxygen atoms in total. The second kappa shape index (κ2) is 9.25. The molecular formula is C16H25FN2O3. The molecule has 0 fully saturated rings. The maximum absolute atomic E-state index is 12.8. The summed E-state index contributed by atoms with van der Waals surface area (Å²) in [5.41, 5.74) is 0. The van der Waals surface area contributed by atoms with Gasteiger partial charge in [-0.1, -0.05) is 13.8 Å². The quantitative estimate of drug-likeness (QED) is 0.690. The van der Waals surface area contributed by atoms with Gasteiger partial charge in [-0.3, -0.25) is 0 Å². The largest absolute Gasteiger partial charge is 0.489 e. The first-order valence-corrected chi connectivity index (χ1v) is 7.50. The Morgan fingerprint density at radius 3 is 2.45 bits per heavy atom. The van der Waals surface area contributed by atoms with Crippen LogP contribution >= 0.6 is 0 Å². The van der Waals surface area contributed by atoms with E-state index in [-0.39, 0.29) is 23.9 Å². The minimum atomic E-state index is -0.416. The van der Waals surface area contributed by atoms with E-state index in [2.05, 4.69) is 10.6 Å². The number of rotatable bonds is 8. The van der Waals surface area contributed by atoms with E-state index in [9.17, 15) is 14.3 Å². The van der Waals surface area contributed by atoms with Gasteiger partial charge in [0.1, 0.15) is 17.7 Å². The summed E-state index contributed by atoms with van der Waals surface area (Å²) in [5, 5.41) is 15.0. The third-order valence-corrected chi connectivity index (χ3v) is 3.20. The van der Waals surface area contributed by atoms with Gasteiger partial charge < -0.3 is 20.5 Å². The molecule has 6 heteroatoms. The summed E-state index contributed by atoms with van der Waals surface area (Å²) in [7, 11) is 0. The molecule has 0 radical (unpaired) electrons. The maximum atomic E-state index is 12.8. The lowest BCUT2D eigenvalue weighted by atomic mass is 10.0. The van der Waals surface area contributed by atoms with Gasteiger partial charge in [0.15, 0.2) is 0 Å². The van der Waals surface area contributed by atoms with Crippen LogP contribution in [0.5, 0.6) is 5.75 Å². The van der Waals surface area contributed by atoms with Crippen molar-refractivity contribution in [3.63, 3.8) is 0 Å². The molecule has 0 aliphatic heterocycles. The lowest BCUT2D eigenvalue weighted by Gasteiger charge is -2.17. The number of hydrogen-bond acceptors (Lipinski definition) is 3. The highest BCUT2D eigenvalue weighted by Gasteiger charge is 2.10. The molecule has 1 aromatic rings. The SMILES string of the molecule is CC(CNC(=O)NCCC(O)C(C)C)Oc1ccc(F)cc1. The van der Waals surface area contributed by atoms with Crippen LogP contribution in [0, 0.1) is 11.7 Å². The van der Waals surface area contributed by atoms with Crippen molar-refractivity contribution in [1.29, 1.82) is 0 Å². The topological polar surface area (TPSA) is 70.6 Å². The van der Waals surface area contributed by atoms with E-state index in [1.54, 1.807) is 12.1 Å². The zero-order valence-corrected chi connectivity index (χ0v) is 13.3. The van der Waals surface area contributed by atoms with E-state index in [1.807, 2.05) is 20.8 Å². The van der Waals surface area contributed by atoms with Crippen molar-refractivity contribution in [2.45, 2.75) is 39.4 Å². The molecule has 0 bridgehead atoms. The van der Waals surface area contributed by atoms with Gasteiger partial charge in [0.25, 0.3) is 0 Å². The first-order chi connectivity index (χ1) is 10.4. The predicted molar refractivity (Wildman–Crippen MR) is 83.4 cm³/mol. The molecule has 0 aliphatic rings. The highest BCUT2D eigenvalue weighted by atomic mass is 19.1. The highest BCUT2D eigenvalue weighted by molar-refractivity contribution is 5.73. The van der Waals surface area contributed by atoms with Crippen molar-refractivity contribution in [3.05, 3.63) is 30.1 Å². The van der Waals surface area contributed by atoms with Crippen LogP contribution in [0.1, 0.15) is 27.2 Å². The van der Waals surface area contributed by atoms with Crippen LogP contribution in [0.4, 0.5) is 9.18 Å². The number of amides is 2. The van der Waals surface area contributed by atoms with Gasteiger partial charge in [-0.25, -0.2) is 9.18 Å². The summed E-state index contributed by atoms with van der Waals surface area (Å²) >= 11 is 0. The summed E-state index contributed by atoms with van der Waals surface area (Å²) in [6.45, 7) is 6.42. The Kier molecular flexibility index (Phi) is 7.66. The van der Waals surface area contributed by atoms with E-state index in [0.717, 1.165) is 0 Å². The second-order valence-electron chi connectivity index (χ2n) is 5.62. The van der Waals surface area contributed by atoms with Crippen LogP contribution < -0.4 is 15.4 Å². The number of carbonyl (C=O) groups excluding carboxylic acids is 1. The minimum Gasteiger partial charge on any atom is -0.489 e. The number of urea groups is 1. The molecule has 2 unspecified atom stereocenters. The Balaban J connectivity index is 2.19. The lowest BCUT2D eigenvalue weighted by Crippen LogP contribution is -2.41. The maximum Gasteiger partial charge on any atom is 0.314 e. The zero-order valence-electron chi connectivity index (χ0n) is 13.3. The smallest absolute Gasteiger partial charge is 0.314 e. The fourth-order valence-electron chi connectivity index (χ4n) is 1.75. The molecule has 0 saturated carbocycles. The first-order valence-electron chi connectivity index (χ1n) is 7.50. The van der Waals surface area contributed by atoms with E-state index in [1.165, 1.54) is 12.1 Å². The van der Waals surface area contributed by atoms with E-state index >= 15 is 0 Å². The summed E-state index contributed by atoms with van der Waals surface area (Å²) < 4.78 is 18.3. The summed E-state index contributed by atoms with van der Waals surface area (Å²) in [6, 6.07) is 5.42. The molecule has 2 atom stereocenters. The monoisotopic (exact) mass is 312 g/mol. The van der Waals surface area contributed by atoms with Gasteiger partial charge in [0, 0.05) is 6.54 Å². The standard InChI is InChI=1S/C16H25FN2O3/c1-11(2)15(20)8-9-18-16(21)19-10-12(3)22-14-6-4-13(17)5-7-14/h4-7,11-12,15,20H,8-10H2,1-3H3,(H2,18,19,21). The van der Waals surface area contributed by atoms with Gasteiger partial charge in [-0.15, -0.1) is 0 Å². The van der Waals surface area contributed by atoms with Crippen LogP contribution in [0.3, 0.4) is 0 Å². The number of halogens is 1. The van der Waals surface area contributed by atoms with Gasteiger partial charge in [-0.05, 0) is 43.5 Å². The molecule has 0 aliphatic carbocycles. The van der Waals surface area contributed by atoms with E-state index < -0.39 is 6.10 Å². The van der Waals surface area contributed by atoms with Gasteiger partial charge in [-0.2, -0.15) is 0 Å². The number of nitrogens with one attached hydrogen (secondary N) is 2. The molecule has 124 valence electrons. The number of benzene rings is 1. The summed E-state index contributed by atoms with van der Waals surface area (Å²) in [4.78, 5) is 11.6. The number of ether oxygens (including phenoxy) is 1. The van der Waals surface area contributed by atoms with Crippen LogP contribution in [0.2, 0.25) is 0 Å². The van der Waals surface area contributed by atoms with Crippen LogP contribution in [-0.4, -0.2) is 36.4 Å². The Bertz CT molecular complexity index is 451. The fourth-order valence-corrected chi connectivity index (χ4v) is 1.75. The van der Waals surface area contributed by atoms with Crippen molar-refractivity contribution in [1.82, 2.24) is 10.6 Å². The highest BCUT2D eigenvalue weighted by Crippen LogP contribution is 2.12.